The fourth-order valence-electron chi connectivity index (χ4n) is 2.27. The molecule has 0 aromatic heterocycles. The van der Waals surface area contributed by atoms with E-state index in [-0.39, 0.29) is 10.8 Å². The second-order valence-corrected chi connectivity index (χ2v) is 7.18. The highest BCUT2D eigenvalue weighted by atomic mass is 16.5. The Balaban J connectivity index is 3.20. The maximum atomic E-state index is 5.99. The summed E-state index contributed by atoms with van der Waals surface area (Å²) in [6, 6.07) is 6.72. The van der Waals surface area contributed by atoms with Gasteiger partial charge in [0, 0.05) is 5.56 Å². The first kappa shape index (κ1) is 18.0. The molecule has 0 amide bonds. The Morgan fingerprint density at radius 2 is 1.62 bits per heavy atom. The molecule has 21 heavy (non-hydrogen) atoms. The monoisotopic (exact) mass is 291 g/mol. The fraction of sp³-hybridized carbons (Fsp3) is 0.684. The smallest absolute Gasteiger partial charge is 0.123 e. The van der Waals surface area contributed by atoms with Crippen LogP contribution < -0.4 is 10.5 Å². The van der Waals surface area contributed by atoms with Crippen LogP contribution in [0.15, 0.2) is 18.2 Å². The molecule has 0 spiro atoms. The minimum atomic E-state index is 0.123. The molecule has 0 saturated carbocycles. The van der Waals surface area contributed by atoms with Gasteiger partial charge in [-0.3, -0.25) is 0 Å². The number of ether oxygens (including phenoxy) is 1. The van der Waals surface area contributed by atoms with Gasteiger partial charge in [-0.25, -0.2) is 0 Å². The molecule has 0 aliphatic carbocycles. The van der Waals surface area contributed by atoms with E-state index in [2.05, 4.69) is 59.7 Å². The second kappa shape index (κ2) is 7.31. The average molecular weight is 291 g/mol. The van der Waals surface area contributed by atoms with Crippen LogP contribution in [-0.2, 0) is 10.8 Å². The number of nitrogens with two attached hydrogens (primary N) is 1. The Labute approximate surface area is 131 Å². The lowest BCUT2D eigenvalue weighted by Gasteiger charge is -2.30. The number of hydrogen-bond donors (Lipinski definition) is 1. The van der Waals surface area contributed by atoms with Crippen LogP contribution in [0.1, 0.15) is 71.9 Å². The van der Waals surface area contributed by atoms with Gasteiger partial charge in [0.1, 0.15) is 5.75 Å². The van der Waals surface area contributed by atoms with E-state index < -0.39 is 0 Å². The van der Waals surface area contributed by atoms with Gasteiger partial charge in [0.25, 0.3) is 0 Å². The Morgan fingerprint density at radius 1 is 1.00 bits per heavy atom. The van der Waals surface area contributed by atoms with Crippen LogP contribution >= 0.6 is 0 Å². The van der Waals surface area contributed by atoms with E-state index in [1.807, 2.05) is 0 Å². The van der Waals surface area contributed by atoms with E-state index in [9.17, 15) is 0 Å². The normalized spacial score (nSPS) is 12.5. The summed E-state index contributed by atoms with van der Waals surface area (Å²) in [4.78, 5) is 0. The minimum Gasteiger partial charge on any atom is -0.493 e. The van der Waals surface area contributed by atoms with Gasteiger partial charge in [-0.15, -0.1) is 0 Å². The van der Waals surface area contributed by atoms with Crippen molar-refractivity contribution in [2.75, 3.05) is 13.2 Å². The molecule has 2 heteroatoms. The van der Waals surface area contributed by atoms with Crippen molar-refractivity contribution in [1.29, 1.82) is 0 Å². The van der Waals surface area contributed by atoms with Crippen LogP contribution in [0.2, 0.25) is 0 Å². The third-order valence-electron chi connectivity index (χ3n) is 4.86. The zero-order chi connectivity index (χ0) is 16.1. The molecule has 0 radical (unpaired) electrons. The van der Waals surface area contributed by atoms with Crippen molar-refractivity contribution < 1.29 is 4.74 Å². The molecule has 0 unspecified atom stereocenters. The Bertz CT molecular complexity index is 449. The van der Waals surface area contributed by atoms with Crippen LogP contribution in [0.25, 0.3) is 0 Å². The molecule has 120 valence electrons. The lowest BCUT2D eigenvalue weighted by atomic mass is 9.76. The first-order valence-corrected chi connectivity index (χ1v) is 8.26. The fourth-order valence-corrected chi connectivity index (χ4v) is 2.27. The highest BCUT2D eigenvalue weighted by molar-refractivity contribution is 5.44. The van der Waals surface area contributed by atoms with Crippen molar-refractivity contribution in [2.24, 2.45) is 5.73 Å². The summed E-state index contributed by atoms with van der Waals surface area (Å²) in [6.07, 6.45) is 3.12. The molecule has 0 saturated heterocycles. The summed E-state index contributed by atoms with van der Waals surface area (Å²) < 4.78 is 5.99. The minimum absolute atomic E-state index is 0.123. The van der Waals surface area contributed by atoms with Gasteiger partial charge in [-0.2, -0.15) is 0 Å². The zero-order valence-electron chi connectivity index (χ0n) is 14.8. The Hall–Kier alpha value is -1.02. The van der Waals surface area contributed by atoms with Gasteiger partial charge in [0.05, 0.1) is 6.61 Å². The molecule has 0 atom stereocenters. The van der Waals surface area contributed by atoms with Crippen molar-refractivity contribution >= 4 is 0 Å². The summed E-state index contributed by atoms with van der Waals surface area (Å²) in [5.41, 5.74) is 8.60. The molecule has 0 bridgehead atoms. The molecule has 1 rings (SSSR count). The molecule has 1 aromatic rings. The van der Waals surface area contributed by atoms with Gasteiger partial charge in [-0.1, -0.05) is 53.7 Å². The van der Waals surface area contributed by atoms with Crippen molar-refractivity contribution in [3.05, 3.63) is 29.3 Å². The Morgan fingerprint density at radius 3 is 2.14 bits per heavy atom. The number of hydrogen-bond acceptors (Lipinski definition) is 2. The third kappa shape index (κ3) is 4.47. The van der Waals surface area contributed by atoms with Crippen molar-refractivity contribution in [3.63, 3.8) is 0 Å². The maximum Gasteiger partial charge on any atom is 0.123 e. The number of rotatable bonds is 8. The van der Waals surface area contributed by atoms with Gasteiger partial charge in [0.15, 0.2) is 0 Å². The lowest BCUT2D eigenvalue weighted by Crippen LogP contribution is -2.21. The summed E-state index contributed by atoms with van der Waals surface area (Å²) in [5.74, 6) is 1.02. The molecule has 2 nitrogen and oxygen atoms in total. The topological polar surface area (TPSA) is 35.2 Å². The number of benzene rings is 1. The van der Waals surface area contributed by atoms with Gasteiger partial charge >= 0.3 is 0 Å². The summed E-state index contributed by atoms with van der Waals surface area (Å²) in [7, 11) is 0. The average Bonchev–Trinajstić information content (AvgIpc) is 2.47. The van der Waals surface area contributed by atoms with Gasteiger partial charge in [0.2, 0.25) is 0 Å². The molecule has 0 fully saturated rings. The van der Waals surface area contributed by atoms with Crippen LogP contribution in [0.4, 0.5) is 0 Å². The summed E-state index contributed by atoms with van der Waals surface area (Å²) in [6.45, 7) is 15.0. The maximum absolute atomic E-state index is 5.99. The van der Waals surface area contributed by atoms with E-state index >= 15 is 0 Å². The first-order valence-electron chi connectivity index (χ1n) is 8.26. The predicted octanol–water partition coefficient (Wildman–Crippen LogP) is 4.79. The van der Waals surface area contributed by atoms with E-state index in [4.69, 9.17) is 10.5 Å². The van der Waals surface area contributed by atoms with Crippen molar-refractivity contribution in [2.45, 2.75) is 71.6 Å². The van der Waals surface area contributed by atoms with Crippen LogP contribution in [0.3, 0.4) is 0 Å². The quantitative estimate of drug-likeness (QED) is 0.699. The predicted molar refractivity (Wildman–Crippen MR) is 92.2 cm³/mol. The standard InChI is InChI=1S/C19H33NO/c1-7-18(3,4)15-10-11-17(21-13-9-12-20)16(14-15)19(5,6)8-2/h10-11,14H,7-9,12-13,20H2,1-6H3. The van der Waals surface area contributed by atoms with E-state index in [0.29, 0.717) is 13.2 Å². The lowest BCUT2D eigenvalue weighted by molar-refractivity contribution is 0.302. The highest BCUT2D eigenvalue weighted by Gasteiger charge is 2.26. The van der Waals surface area contributed by atoms with E-state index in [0.717, 1.165) is 25.0 Å². The summed E-state index contributed by atoms with van der Waals surface area (Å²) >= 11 is 0. The molecular formula is C19H33NO. The largest absolute Gasteiger partial charge is 0.493 e. The third-order valence-corrected chi connectivity index (χ3v) is 4.86. The first-order chi connectivity index (χ1) is 9.78. The molecule has 1 aromatic carbocycles. The van der Waals surface area contributed by atoms with Crippen LogP contribution in [0.5, 0.6) is 5.75 Å². The Kier molecular flexibility index (Phi) is 6.27. The van der Waals surface area contributed by atoms with E-state index in [1.54, 1.807) is 0 Å². The molecule has 0 aliphatic rings. The highest BCUT2D eigenvalue weighted by Crippen LogP contribution is 2.38. The molecule has 2 N–H and O–H groups in total. The van der Waals surface area contributed by atoms with Gasteiger partial charge < -0.3 is 10.5 Å². The van der Waals surface area contributed by atoms with Crippen LogP contribution in [-0.4, -0.2) is 13.2 Å². The van der Waals surface area contributed by atoms with Gasteiger partial charge in [-0.05, 0) is 48.3 Å². The van der Waals surface area contributed by atoms with Crippen molar-refractivity contribution in [1.82, 2.24) is 0 Å². The molecular weight excluding hydrogens is 258 g/mol. The zero-order valence-corrected chi connectivity index (χ0v) is 14.8. The van der Waals surface area contributed by atoms with Crippen molar-refractivity contribution in [3.8, 4) is 5.75 Å². The molecule has 0 heterocycles. The summed E-state index contributed by atoms with van der Waals surface area (Å²) in [5, 5.41) is 0. The van der Waals surface area contributed by atoms with Crippen LogP contribution in [0, 0.1) is 0 Å². The van der Waals surface area contributed by atoms with E-state index in [1.165, 1.54) is 11.1 Å². The molecule has 0 aliphatic heterocycles. The second-order valence-electron chi connectivity index (χ2n) is 7.18. The SMILES string of the molecule is CCC(C)(C)c1ccc(OCCCN)c(C(C)(C)CC)c1.